The maximum atomic E-state index is 12.7. The summed E-state index contributed by atoms with van der Waals surface area (Å²) in [7, 11) is 0. The third kappa shape index (κ3) is 6.39. The number of anilines is 1. The van der Waals surface area contributed by atoms with E-state index in [0.717, 1.165) is 51.9 Å². The third-order valence-electron chi connectivity index (χ3n) is 5.45. The van der Waals surface area contributed by atoms with Gasteiger partial charge in [-0.3, -0.25) is 4.79 Å². The van der Waals surface area contributed by atoms with E-state index < -0.39 is 0 Å². The fourth-order valence-electron chi connectivity index (χ4n) is 3.61. The second-order valence-corrected chi connectivity index (χ2v) is 9.84. The van der Waals surface area contributed by atoms with Gasteiger partial charge in [0.2, 0.25) is 0 Å². The molecule has 0 atom stereocenters. The van der Waals surface area contributed by atoms with Crippen molar-refractivity contribution in [1.29, 1.82) is 0 Å². The molecule has 2 aromatic carbocycles. The molecule has 0 spiro atoms. The number of carbonyl (C=O) groups excluding carboxylic acids is 1. The Morgan fingerprint density at radius 3 is 2.49 bits per heavy atom. The molecular formula is C27H32N6OS. The van der Waals surface area contributed by atoms with E-state index in [1.54, 1.807) is 18.0 Å². The summed E-state index contributed by atoms with van der Waals surface area (Å²) in [4.78, 5) is 22.2. The number of fused-ring (bicyclic) bond motifs is 1. The number of rotatable bonds is 11. The second-order valence-electron chi connectivity index (χ2n) is 8.78. The van der Waals surface area contributed by atoms with E-state index in [-0.39, 0.29) is 5.91 Å². The predicted octanol–water partition coefficient (Wildman–Crippen LogP) is 5.49. The van der Waals surface area contributed by atoms with E-state index in [1.807, 2.05) is 47.1 Å². The van der Waals surface area contributed by atoms with Crippen molar-refractivity contribution in [3.05, 3.63) is 66.4 Å². The summed E-state index contributed by atoms with van der Waals surface area (Å²) < 4.78 is 1.84. The van der Waals surface area contributed by atoms with Gasteiger partial charge in [-0.25, -0.2) is 14.6 Å². The summed E-state index contributed by atoms with van der Waals surface area (Å²) >= 11 is 1.65. The van der Waals surface area contributed by atoms with Crippen LogP contribution in [0.15, 0.2) is 66.0 Å². The van der Waals surface area contributed by atoms with E-state index in [1.165, 1.54) is 0 Å². The summed E-state index contributed by atoms with van der Waals surface area (Å²) in [5.41, 5.74) is 3.64. The summed E-state index contributed by atoms with van der Waals surface area (Å²) in [5.74, 6) is 2.17. The van der Waals surface area contributed by atoms with Crippen molar-refractivity contribution in [2.45, 2.75) is 38.9 Å². The quantitative estimate of drug-likeness (QED) is 0.214. The van der Waals surface area contributed by atoms with Crippen LogP contribution in [-0.2, 0) is 6.54 Å². The van der Waals surface area contributed by atoms with Crippen LogP contribution in [0.1, 0.15) is 37.6 Å². The van der Waals surface area contributed by atoms with Gasteiger partial charge in [-0.15, -0.1) is 0 Å². The first-order valence-electron chi connectivity index (χ1n) is 12.1. The number of nitrogens with zero attached hydrogens (tertiary/aromatic N) is 4. The van der Waals surface area contributed by atoms with Crippen LogP contribution in [0.2, 0.25) is 0 Å². The molecule has 0 saturated carbocycles. The highest BCUT2D eigenvalue weighted by atomic mass is 32.2. The third-order valence-corrected chi connectivity index (χ3v) is 6.51. The number of hydrogen-bond acceptors (Lipinski definition) is 6. The minimum Gasteiger partial charge on any atom is -0.369 e. The lowest BCUT2D eigenvalue weighted by Gasteiger charge is -2.11. The molecule has 2 aromatic heterocycles. The van der Waals surface area contributed by atoms with Crippen molar-refractivity contribution >= 4 is 34.5 Å². The molecule has 0 aliphatic carbocycles. The van der Waals surface area contributed by atoms with Crippen LogP contribution in [0, 0.1) is 5.92 Å². The van der Waals surface area contributed by atoms with E-state index in [2.05, 4.69) is 48.6 Å². The molecule has 1 amide bonds. The van der Waals surface area contributed by atoms with E-state index >= 15 is 0 Å². The molecule has 0 aliphatic rings. The van der Waals surface area contributed by atoms with Crippen molar-refractivity contribution in [3.8, 4) is 11.1 Å². The normalized spacial score (nSPS) is 11.2. The van der Waals surface area contributed by atoms with Gasteiger partial charge in [-0.05, 0) is 35.6 Å². The van der Waals surface area contributed by atoms with E-state index in [9.17, 15) is 4.79 Å². The van der Waals surface area contributed by atoms with Crippen LogP contribution in [0.5, 0.6) is 0 Å². The SMILES string of the molecule is CCCSc1nc(NCC(C)C)c2cnn(CCNC(=O)c3ccc(-c4ccccc4)cc3)c2n1. The summed E-state index contributed by atoms with van der Waals surface area (Å²) in [6.07, 6.45) is 2.86. The van der Waals surface area contributed by atoms with Crippen LogP contribution in [0.3, 0.4) is 0 Å². The van der Waals surface area contributed by atoms with Gasteiger partial charge in [0.1, 0.15) is 5.82 Å². The Morgan fingerprint density at radius 2 is 1.77 bits per heavy atom. The Balaban J connectivity index is 1.42. The Bertz CT molecular complexity index is 1250. The number of carbonyl (C=O) groups is 1. The number of hydrogen-bond donors (Lipinski definition) is 2. The molecule has 0 aliphatic heterocycles. The molecule has 182 valence electrons. The fourth-order valence-corrected chi connectivity index (χ4v) is 4.31. The van der Waals surface area contributed by atoms with Crippen molar-refractivity contribution in [1.82, 2.24) is 25.1 Å². The Kier molecular flexibility index (Phi) is 8.36. The molecule has 2 N–H and O–H groups in total. The smallest absolute Gasteiger partial charge is 0.251 e. The molecule has 0 saturated heterocycles. The molecule has 4 aromatic rings. The van der Waals surface area contributed by atoms with Gasteiger partial charge in [0, 0.05) is 24.4 Å². The lowest BCUT2D eigenvalue weighted by atomic mass is 10.0. The zero-order valence-electron chi connectivity index (χ0n) is 20.5. The monoisotopic (exact) mass is 488 g/mol. The average molecular weight is 489 g/mol. The molecule has 2 heterocycles. The number of aromatic nitrogens is 4. The largest absolute Gasteiger partial charge is 0.369 e. The Labute approximate surface area is 210 Å². The number of amides is 1. The van der Waals surface area contributed by atoms with Crippen LogP contribution in [0.4, 0.5) is 5.82 Å². The summed E-state index contributed by atoms with van der Waals surface area (Å²) in [6.45, 7) is 8.28. The highest BCUT2D eigenvalue weighted by molar-refractivity contribution is 7.99. The lowest BCUT2D eigenvalue weighted by Crippen LogP contribution is -2.27. The van der Waals surface area contributed by atoms with E-state index in [0.29, 0.717) is 24.6 Å². The zero-order chi connectivity index (χ0) is 24.6. The van der Waals surface area contributed by atoms with Gasteiger partial charge in [-0.2, -0.15) is 5.10 Å². The van der Waals surface area contributed by atoms with Crippen molar-refractivity contribution < 1.29 is 4.79 Å². The molecule has 8 heteroatoms. The molecular weight excluding hydrogens is 456 g/mol. The highest BCUT2D eigenvalue weighted by Crippen LogP contribution is 2.25. The predicted molar refractivity (Wildman–Crippen MR) is 144 cm³/mol. The first-order chi connectivity index (χ1) is 17.0. The van der Waals surface area contributed by atoms with Gasteiger partial charge >= 0.3 is 0 Å². The van der Waals surface area contributed by atoms with Crippen molar-refractivity contribution in [3.63, 3.8) is 0 Å². The summed E-state index contributed by atoms with van der Waals surface area (Å²) in [5, 5.41) is 12.6. The average Bonchev–Trinajstić information content (AvgIpc) is 3.29. The topological polar surface area (TPSA) is 84.7 Å². The molecule has 0 fully saturated rings. The fraction of sp³-hybridized carbons (Fsp3) is 0.333. The van der Waals surface area contributed by atoms with Crippen LogP contribution in [-0.4, -0.2) is 44.5 Å². The number of thioether (sulfide) groups is 1. The van der Waals surface area contributed by atoms with Crippen molar-refractivity contribution in [2.75, 3.05) is 24.2 Å². The second kappa shape index (κ2) is 11.8. The standard InChI is InChI=1S/C27H32N6OS/c1-4-16-35-27-31-24(29-17-19(2)3)23-18-30-33(25(23)32-27)15-14-28-26(34)22-12-10-21(11-13-22)20-8-6-5-7-9-20/h5-13,18-19H,4,14-17H2,1-3H3,(H,28,34)(H,29,31,32). The maximum absolute atomic E-state index is 12.7. The molecule has 7 nitrogen and oxygen atoms in total. The lowest BCUT2D eigenvalue weighted by molar-refractivity contribution is 0.0952. The first-order valence-corrected chi connectivity index (χ1v) is 13.1. The zero-order valence-corrected chi connectivity index (χ0v) is 21.3. The molecule has 4 rings (SSSR count). The number of nitrogens with one attached hydrogen (secondary N) is 2. The minimum absolute atomic E-state index is 0.103. The van der Waals surface area contributed by atoms with Crippen LogP contribution < -0.4 is 10.6 Å². The summed E-state index contributed by atoms with van der Waals surface area (Å²) in [6, 6.07) is 17.8. The highest BCUT2D eigenvalue weighted by Gasteiger charge is 2.14. The first kappa shape index (κ1) is 24.7. The van der Waals surface area contributed by atoms with Crippen LogP contribution >= 0.6 is 11.8 Å². The van der Waals surface area contributed by atoms with Gasteiger partial charge < -0.3 is 10.6 Å². The molecule has 0 radical (unpaired) electrons. The molecule has 35 heavy (non-hydrogen) atoms. The van der Waals surface area contributed by atoms with Crippen molar-refractivity contribution in [2.24, 2.45) is 5.92 Å². The Hall–Kier alpha value is -3.39. The van der Waals surface area contributed by atoms with E-state index in [4.69, 9.17) is 9.97 Å². The molecule has 0 unspecified atom stereocenters. The van der Waals surface area contributed by atoms with Crippen LogP contribution in [0.25, 0.3) is 22.2 Å². The minimum atomic E-state index is -0.103. The van der Waals surface area contributed by atoms with Gasteiger partial charge in [0.15, 0.2) is 10.8 Å². The van der Waals surface area contributed by atoms with Gasteiger partial charge in [-0.1, -0.05) is 75.0 Å². The number of benzene rings is 2. The molecule has 0 bridgehead atoms. The van der Waals surface area contributed by atoms with Gasteiger partial charge in [0.05, 0.1) is 18.1 Å². The van der Waals surface area contributed by atoms with Gasteiger partial charge in [0.25, 0.3) is 5.91 Å². The maximum Gasteiger partial charge on any atom is 0.251 e. The Morgan fingerprint density at radius 1 is 1.03 bits per heavy atom.